The third-order valence-corrected chi connectivity index (χ3v) is 10.1. The molecule has 3 aliphatic rings. The molecule has 2 saturated heterocycles. The van der Waals surface area contributed by atoms with Crippen LogP contribution in [-0.4, -0.2) is 64.5 Å². The zero-order valence-electron chi connectivity index (χ0n) is 27.8. The second-order valence-electron chi connectivity index (χ2n) is 14.0. The molecule has 3 atom stereocenters. The van der Waals surface area contributed by atoms with Crippen molar-refractivity contribution in [3.8, 4) is 0 Å². The van der Waals surface area contributed by atoms with Crippen molar-refractivity contribution in [1.82, 2.24) is 19.9 Å². The summed E-state index contributed by atoms with van der Waals surface area (Å²) in [4.78, 5) is 53.5. The van der Waals surface area contributed by atoms with E-state index in [0.29, 0.717) is 73.5 Å². The molecule has 0 spiro atoms. The minimum atomic E-state index is -0.984. The number of aromatic nitrogens is 3. The second kappa shape index (κ2) is 12.5. The molecule has 4 heterocycles. The number of benzene rings is 2. The lowest BCUT2D eigenvalue weighted by Crippen LogP contribution is -2.54. The van der Waals surface area contributed by atoms with Gasteiger partial charge in [-0.25, -0.2) is 9.37 Å². The molecule has 11 heteroatoms. The minimum absolute atomic E-state index is 0.0648. The summed E-state index contributed by atoms with van der Waals surface area (Å²) in [6, 6.07) is 13.8. The molecule has 2 N–H and O–H groups in total. The Morgan fingerprint density at radius 1 is 1.04 bits per heavy atom. The molecule has 2 aliphatic heterocycles. The van der Waals surface area contributed by atoms with E-state index in [4.69, 9.17) is 9.72 Å². The van der Waals surface area contributed by atoms with Gasteiger partial charge in [-0.2, -0.15) is 4.98 Å². The molecule has 1 aliphatic carbocycles. The maximum absolute atomic E-state index is 15.5. The highest BCUT2D eigenvalue weighted by Gasteiger charge is 2.45. The largest absolute Gasteiger partial charge is 0.381 e. The van der Waals surface area contributed by atoms with Crippen LogP contribution in [0.15, 0.2) is 59.5 Å². The molecule has 0 saturated carbocycles. The SMILES string of the molecule is C[C@@H]1CN(c2ccc(Nc3ncc4cc(C(=O)C5CCOCC5)c(=O)n(C5Cc6ccccc6C(=O)C5(C)C)c4n3)cc2F)C[C@H](C)N1. The van der Waals surface area contributed by atoms with Gasteiger partial charge in [0.2, 0.25) is 5.95 Å². The Morgan fingerprint density at radius 3 is 2.50 bits per heavy atom. The molecule has 1 unspecified atom stereocenters. The summed E-state index contributed by atoms with van der Waals surface area (Å²) in [6.07, 6.45) is 3.06. The van der Waals surface area contributed by atoms with E-state index in [0.717, 1.165) is 5.56 Å². The smallest absolute Gasteiger partial charge is 0.263 e. The van der Waals surface area contributed by atoms with Crippen LogP contribution >= 0.6 is 0 Å². The van der Waals surface area contributed by atoms with E-state index in [1.165, 1.54) is 10.6 Å². The molecule has 4 aromatic rings. The monoisotopic (exact) mass is 652 g/mol. The molecule has 250 valence electrons. The van der Waals surface area contributed by atoms with Crippen LogP contribution in [-0.2, 0) is 11.2 Å². The summed E-state index contributed by atoms with van der Waals surface area (Å²) in [5.74, 6) is -0.837. The van der Waals surface area contributed by atoms with Gasteiger partial charge in [-0.05, 0) is 62.9 Å². The van der Waals surface area contributed by atoms with Gasteiger partial charge in [-0.1, -0.05) is 38.1 Å². The number of ether oxygens (including phenoxy) is 1. The Labute approximate surface area is 278 Å². The quantitative estimate of drug-likeness (QED) is 0.261. The number of carbonyl (C=O) groups is 2. The van der Waals surface area contributed by atoms with Crippen LogP contribution in [0.4, 0.5) is 21.7 Å². The Hall–Kier alpha value is -4.48. The normalized spacial score (nSPS) is 22.8. The minimum Gasteiger partial charge on any atom is -0.381 e. The van der Waals surface area contributed by atoms with E-state index < -0.39 is 17.0 Å². The standard InChI is InChI=1S/C37H41FN6O4/c1-21-19-43(20-22(2)40-21)30-10-9-26(17-29(30)38)41-36-39-18-25-15-28(32(45)23-11-13-48-14-12-23)35(47)44(34(25)42-36)31-16-24-7-5-6-8-27(24)33(46)37(31,3)4/h5-10,15,17-18,21-23,31,40H,11-14,16,19-20H2,1-4H3,(H,39,41,42)/t21-,22+,31?. The lowest BCUT2D eigenvalue weighted by atomic mass is 9.69. The Balaban J connectivity index is 1.30. The van der Waals surface area contributed by atoms with Crippen LogP contribution in [0, 0.1) is 17.2 Å². The van der Waals surface area contributed by atoms with E-state index in [2.05, 4.69) is 29.5 Å². The lowest BCUT2D eigenvalue weighted by molar-refractivity contribution is 0.0543. The maximum Gasteiger partial charge on any atom is 0.263 e. The fourth-order valence-electron chi connectivity index (χ4n) is 7.62. The van der Waals surface area contributed by atoms with Gasteiger partial charge in [-0.15, -0.1) is 0 Å². The first-order chi connectivity index (χ1) is 23.0. The van der Waals surface area contributed by atoms with Crippen molar-refractivity contribution >= 4 is 39.9 Å². The first-order valence-electron chi connectivity index (χ1n) is 16.8. The molecular weight excluding hydrogens is 611 g/mol. The Morgan fingerprint density at radius 2 is 1.77 bits per heavy atom. The summed E-state index contributed by atoms with van der Waals surface area (Å²) in [6.45, 7) is 10.2. The van der Waals surface area contributed by atoms with Crippen LogP contribution in [0.1, 0.15) is 72.9 Å². The van der Waals surface area contributed by atoms with Gasteiger partial charge in [-0.3, -0.25) is 19.0 Å². The number of rotatable bonds is 6. The number of nitrogens with one attached hydrogen (secondary N) is 2. The van der Waals surface area contributed by atoms with Gasteiger partial charge in [0.05, 0.1) is 17.3 Å². The highest BCUT2D eigenvalue weighted by Crippen LogP contribution is 2.43. The van der Waals surface area contributed by atoms with E-state index >= 15 is 4.39 Å². The Bertz CT molecular complexity index is 1960. The molecule has 48 heavy (non-hydrogen) atoms. The molecule has 2 aromatic heterocycles. The fraction of sp³-hybridized carbons (Fsp3) is 0.432. The van der Waals surface area contributed by atoms with Gasteiger partial charge in [0.25, 0.3) is 5.56 Å². The molecule has 0 bridgehead atoms. The number of anilines is 3. The van der Waals surface area contributed by atoms with Crippen molar-refractivity contribution in [3.63, 3.8) is 0 Å². The Kier molecular flexibility index (Phi) is 8.37. The molecule has 2 aromatic carbocycles. The third kappa shape index (κ3) is 5.79. The first-order valence-corrected chi connectivity index (χ1v) is 16.8. The van der Waals surface area contributed by atoms with Crippen molar-refractivity contribution in [2.45, 2.75) is 65.1 Å². The number of hydrogen-bond donors (Lipinski definition) is 2. The van der Waals surface area contributed by atoms with Crippen LogP contribution in [0.5, 0.6) is 0 Å². The predicted molar refractivity (Wildman–Crippen MR) is 183 cm³/mol. The van der Waals surface area contributed by atoms with Crippen LogP contribution < -0.4 is 21.1 Å². The van der Waals surface area contributed by atoms with Crippen LogP contribution in [0.3, 0.4) is 0 Å². The topological polar surface area (TPSA) is 118 Å². The average Bonchev–Trinajstić information content (AvgIpc) is 3.06. The summed E-state index contributed by atoms with van der Waals surface area (Å²) in [5.41, 5.74) is 1.35. The number of nitrogens with zero attached hydrogens (tertiary/aromatic N) is 4. The zero-order chi connectivity index (χ0) is 33.7. The number of pyridine rings is 1. The van der Waals surface area contributed by atoms with Crippen molar-refractivity contribution in [1.29, 1.82) is 0 Å². The number of Topliss-reactive ketones (excluding diaryl/α,β-unsaturated/α-hetero) is 2. The van der Waals surface area contributed by atoms with Crippen molar-refractivity contribution in [2.24, 2.45) is 11.3 Å². The maximum atomic E-state index is 15.5. The summed E-state index contributed by atoms with van der Waals surface area (Å²) < 4.78 is 22.5. The lowest BCUT2D eigenvalue weighted by Gasteiger charge is -2.39. The fourth-order valence-corrected chi connectivity index (χ4v) is 7.62. The van der Waals surface area contributed by atoms with E-state index in [-0.39, 0.29) is 46.9 Å². The second-order valence-corrected chi connectivity index (χ2v) is 14.0. The van der Waals surface area contributed by atoms with Gasteiger partial charge >= 0.3 is 0 Å². The number of ketones is 2. The van der Waals surface area contributed by atoms with Crippen LogP contribution in [0.2, 0.25) is 0 Å². The van der Waals surface area contributed by atoms with E-state index in [9.17, 15) is 14.4 Å². The number of piperazine rings is 1. The number of halogens is 1. The van der Waals surface area contributed by atoms with Crippen molar-refractivity contribution in [3.05, 3.63) is 87.6 Å². The van der Waals surface area contributed by atoms with Gasteiger partial charge in [0, 0.05) is 72.6 Å². The molecule has 0 radical (unpaired) electrons. The van der Waals surface area contributed by atoms with Crippen molar-refractivity contribution < 1.29 is 18.7 Å². The highest BCUT2D eigenvalue weighted by atomic mass is 19.1. The average molecular weight is 653 g/mol. The number of carbonyl (C=O) groups excluding carboxylic acids is 2. The molecular formula is C37H41FN6O4. The molecule has 10 nitrogen and oxygen atoms in total. The molecule has 2 fully saturated rings. The van der Waals surface area contributed by atoms with E-state index in [1.807, 2.05) is 43.0 Å². The molecule has 7 rings (SSSR count). The number of hydrogen-bond acceptors (Lipinski definition) is 9. The van der Waals surface area contributed by atoms with Gasteiger partial charge in [0.15, 0.2) is 11.6 Å². The first kappa shape index (κ1) is 32.1. The summed E-state index contributed by atoms with van der Waals surface area (Å²) >= 11 is 0. The van der Waals surface area contributed by atoms with Crippen molar-refractivity contribution in [2.75, 3.05) is 36.5 Å². The predicted octanol–water partition coefficient (Wildman–Crippen LogP) is 5.48. The molecule has 0 amide bonds. The van der Waals surface area contributed by atoms with Gasteiger partial charge in [0.1, 0.15) is 11.5 Å². The van der Waals surface area contributed by atoms with Gasteiger partial charge < -0.3 is 20.3 Å². The third-order valence-electron chi connectivity index (χ3n) is 10.1. The van der Waals surface area contributed by atoms with Crippen LogP contribution in [0.25, 0.3) is 11.0 Å². The highest BCUT2D eigenvalue weighted by molar-refractivity contribution is 6.03. The number of fused-ring (bicyclic) bond motifs is 2. The summed E-state index contributed by atoms with van der Waals surface area (Å²) in [5, 5.41) is 7.08. The van der Waals surface area contributed by atoms with E-state index in [1.54, 1.807) is 24.4 Å². The zero-order valence-corrected chi connectivity index (χ0v) is 27.8. The summed E-state index contributed by atoms with van der Waals surface area (Å²) in [7, 11) is 0.